The van der Waals surface area contributed by atoms with Gasteiger partial charge >= 0.3 is 0 Å². The van der Waals surface area contributed by atoms with E-state index in [1.165, 1.54) is 0 Å². The van der Waals surface area contributed by atoms with Crippen molar-refractivity contribution in [2.75, 3.05) is 7.11 Å². The monoisotopic (exact) mass is 301 g/mol. The zero-order valence-electron chi connectivity index (χ0n) is 11.5. The Morgan fingerprint density at radius 2 is 2.00 bits per heavy atom. The van der Waals surface area contributed by atoms with Crippen molar-refractivity contribution in [1.29, 1.82) is 0 Å². The minimum Gasteiger partial charge on any atom is -0.481 e. The van der Waals surface area contributed by atoms with Gasteiger partial charge in [0.1, 0.15) is 10.8 Å². The highest BCUT2D eigenvalue weighted by Gasteiger charge is 2.10. The van der Waals surface area contributed by atoms with Gasteiger partial charge in [-0.2, -0.15) is 5.10 Å². The average molecular weight is 302 g/mol. The van der Waals surface area contributed by atoms with Gasteiger partial charge in [-0.15, -0.1) is 0 Å². The van der Waals surface area contributed by atoms with Crippen molar-refractivity contribution in [1.82, 2.24) is 24.7 Å². The normalized spacial score (nSPS) is 10.6. The summed E-state index contributed by atoms with van der Waals surface area (Å²) in [6.45, 7) is 0. The number of aromatic nitrogens is 5. The second kappa shape index (κ2) is 5.49. The molecule has 3 rings (SSSR count). The van der Waals surface area contributed by atoms with Crippen LogP contribution in [0.4, 0.5) is 0 Å². The standard InChI is InChI=1S/C14H12ClN5O/c1-20-8-9(7-16-20)11-6-12(15)19-14(18-11)10-4-3-5-13(17-10)21-2/h3-8H,1-2H3. The molecule has 0 bridgehead atoms. The third-order valence-electron chi connectivity index (χ3n) is 2.86. The molecule has 0 N–H and O–H groups in total. The van der Waals surface area contributed by atoms with Crippen LogP contribution in [0, 0.1) is 0 Å². The van der Waals surface area contributed by atoms with Gasteiger partial charge in [0.25, 0.3) is 0 Å². The summed E-state index contributed by atoms with van der Waals surface area (Å²) in [5.41, 5.74) is 2.16. The molecule has 0 aliphatic carbocycles. The Kier molecular flexibility index (Phi) is 3.53. The molecule has 0 saturated carbocycles. The number of rotatable bonds is 3. The zero-order valence-corrected chi connectivity index (χ0v) is 12.2. The Labute approximate surface area is 126 Å². The van der Waals surface area contributed by atoms with E-state index in [0.717, 1.165) is 5.56 Å². The molecule has 3 aromatic heterocycles. The molecule has 0 atom stereocenters. The number of pyridine rings is 1. The number of halogens is 1. The van der Waals surface area contributed by atoms with Crippen molar-refractivity contribution in [3.05, 3.63) is 41.8 Å². The first-order valence-corrected chi connectivity index (χ1v) is 6.58. The summed E-state index contributed by atoms with van der Waals surface area (Å²) in [6, 6.07) is 7.09. The van der Waals surface area contributed by atoms with Crippen molar-refractivity contribution < 1.29 is 4.74 Å². The summed E-state index contributed by atoms with van der Waals surface area (Å²) < 4.78 is 6.81. The van der Waals surface area contributed by atoms with Crippen LogP contribution in [0.1, 0.15) is 0 Å². The Hall–Kier alpha value is -2.47. The maximum Gasteiger partial charge on any atom is 0.213 e. The molecular weight excluding hydrogens is 290 g/mol. The number of aryl methyl sites for hydroxylation is 1. The summed E-state index contributed by atoms with van der Waals surface area (Å²) in [4.78, 5) is 13.0. The van der Waals surface area contributed by atoms with E-state index in [9.17, 15) is 0 Å². The Bertz CT molecular complexity index is 787. The van der Waals surface area contributed by atoms with Crippen LogP contribution in [0.2, 0.25) is 5.15 Å². The molecule has 0 spiro atoms. The van der Waals surface area contributed by atoms with Crippen molar-refractivity contribution >= 4 is 11.6 Å². The summed E-state index contributed by atoms with van der Waals surface area (Å²) in [5.74, 6) is 0.944. The lowest BCUT2D eigenvalue weighted by Crippen LogP contribution is -1.96. The molecule has 3 heterocycles. The fourth-order valence-corrected chi connectivity index (χ4v) is 2.07. The van der Waals surface area contributed by atoms with E-state index in [4.69, 9.17) is 16.3 Å². The number of hydrogen-bond acceptors (Lipinski definition) is 5. The molecule has 7 heteroatoms. The van der Waals surface area contributed by atoms with Gasteiger partial charge in [-0.1, -0.05) is 17.7 Å². The molecule has 0 saturated heterocycles. The highest BCUT2D eigenvalue weighted by molar-refractivity contribution is 6.29. The molecule has 0 aliphatic heterocycles. The highest BCUT2D eigenvalue weighted by atomic mass is 35.5. The lowest BCUT2D eigenvalue weighted by molar-refractivity contribution is 0.398. The van der Waals surface area contributed by atoms with Crippen LogP contribution in [-0.2, 0) is 7.05 Å². The second-order valence-corrected chi connectivity index (χ2v) is 4.75. The maximum absolute atomic E-state index is 6.09. The van der Waals surface area contributed by atoms with Gasteiger partial charge in [-0.05, 0) is 6.07 Å². The Morgan fingerprint density at radius 1 is 1.14 bits per heavy atom. The number of hydrogen-bond donors (Lipinski definition) is 0. The van der Waals surface area contributed by atoms with Gasteiger partial charge in [-0.25, -0.2) is 15.0 Å². The molecule has 0 amide bonds. The van der Waals surface area contributed by atoms with Crippen LogP contribution < -0.4 is 4.74 Å². The predicted octanol–water partition coefficient (Wildman–Crippen LogP) is 2.60. The fraction of sp³-hybridized carbons (Fsp3) is 0.143. The highest BCUT2D eigenvalue weighted by Crippen LogP contribution is 2.23. The molecule has 21 heavy (non-hydrogen) atoms. The lowest BCUT2D eigenvalue weighted by Gasteiger charge is -2.05. The van der Waals surface area contributed by atoms with Crippen LogP contribution >= 0.6 is 11.6 Å². The quantitative estimate of drug-likeness (QED) is 0.696. The second-order valence-electron chi connectivity index (χ2n) is 4.37. The van der Waals surface area contributed by atoms with E-state index in [-0.39, 0.29) is 0 Å². The van der Waals surface area contributed by atoms with E-state index in [2.05, 4.69) is 20.1 Å². The third kappa shape index (κ3) is 2.85. The van der Waals surface area contributed by atoms with Crippen molar-refractivity contribution in [3.63, 3.8) is 0 Å². The fourth-order valence-electron chi connectivity index (χ4n) is 1.89. The molecule has 106 valence electrons. The molecular formula is C14H12ClN5O. The molecule has 0 fully saturated rings. The SMILES string of the molecule is COc1cccc(-c2nc(Cl)cc(-c3cnn(C)c3)n2)n1. The van der Waals surface area contributed by atoms with Gasteiger partial charge in [0.2, 0.25) is 5.88 Å². The lowest BCUT2D eigenvalue weighted by atomic mass is 10.2. The van der Waals surface area contributed by atoms with Crippen molar-refractivity contribution in [3.8, 4) is 28.7 Å². The Balaban J connectivity index is 2.09. The van der Waals surface area contributed by atoms with Crippen LogP contribution in [0.3, 0.4) is 0 Å². The van der Waals surface area contributed by atoms with E-state index in [1.54, 1.807) is 36.2 Å². The number of ether oxygens (including phenoxy) is 1. The molecule has 3 aromatic rings. The van der Waals surface area contributed by atoms with E-state index in [1.807, 2.05) is 19.3 Å². The minimum atomic E-state index is 0.350. The van der Waals surface area contributed by atoms with Crippen molar-refractivity contribution in [2.45, 2.75) is 0 Å². The van der Waals surface area contributed by atoms with Crippen LogP contribution in [-0.4, -0.2) is 31.8 Å². The Morgan fingerprint density at radius 3 is 2.71 bits per heavy atom. The summed E-state index contributed by atoms with van der Waals surface area (Å²) >= 11 is 6.09. The van der Waals surface area contributed by atoms with Crippen LogP contribution in [0.15, 0.2) is 36.7 Å². The molecule has 6 nitrogen and oxygen atoms in total. The third-order valence-corrected chi connectivity index (χ3v) is 3.05. The number of nitrogens with zero attached hydrogens (tertiary/aromatic N) is 5. The predicted molar refractivity (Wildman–Crippen MR) is 79.0 cm³/mol. The smallest absolute Gasteiger partial charge is 0.213 e. The summed E-state index contributed by atoms with van der Waals surface area (Å²) in [7, 11) is 3.41. The maximum atomic E-state index is 6.09. The van der Waals surface area contributed by atoms with Gasteiger partial charge in [0, 0.05) is 30.9 Å². The summed E-state index contributed by atoms with van der Waals surface area (Å²) in [6.07, 6.45) is 3.59. The minimum absolute atomic E-state index is 0.350. The largest absolute Gasteiger partial charge is 0.481 e. The van der Waals surface area contributed by atoms with Gasteiger partial charge in [0.05, 0.1) is 19.0 Å². The van der Waals surface area contributed by atoms with Crippen LogP contribution in [0.5, 0.6) is 5.88 Å². The molecule has 0 unspecified atom stereocenters. The van der Waals surface area contributed by atoms with E-state index in [0.29, 0.717) is 28.2 Å². The molecule has 0 aliphatic rings. The summed E-state index contributed by atoms with van der Waals surface area (Å²) in [5, 5.41) is 4.48. The first kappa shape index (κ1) is 13.5. The van der Waals surface area contributed by atoms with Crippen LogP contribution in [0.25, 0.3) is 22.8 Å². The average Bonchev–Trinajstić information content (AvgIpc) is 2.93. The van der Waals surface area contributed by atoms with E-state index < -0.39 is 0 Å². The van der Waals surface area contributed by atoms with Gasteiger partial charge in [0.15, 0.2) is 5.82 Å². The molecule has 0 aromatic carbocycles. The van der Waals surface area contributed by atoms with Gasteiger partial charge in [-0.3, -0.25) is 4.68 Å². The molecule has 0 radical (unpaired) electrons. The van der Waals surface area contributed by atoms with Gasteiger partial charge < -0.3 is 4.74 Å². The number of methoxy groups -OCH3 is 1. The van der Waals surface area contributed by atoms with Crippen molar-refractivity contribution in [2.24, 2.45) is 7.05 Å². The van der Waals surface area contributed by atoms with E-state index >= 15 is 0 Å². The zero-order chi connectivity index (χ0) is 14.8. The topological polar surface area (TPSA) is 65.7 Å². The first-order valence-electron chi connectivity index (χ1n) is 6.21. The first-order chi connectivity index (χ1) is 10.2.